The van der Waals surface area contributed by atoms with Crippen molar-refractivity contribution in [1.29, 1.82) is 0 Å². The normalized spacial score (nSPS) is 14.4. The van der Waals surface area contributed by atoms with Gasteiger partial charge in [0.15, 0.2) is 11.1 Å². The van der Waals surface area contributed by atoms with E-state index in [9.17, 15) is 9.90 Å². The molecule has 5 rings (SSSR count). The Morgan fingerprint density at radius 3 is 2.90 bits per heavy atom. The number of hydrogen-bond donors (Lipinski definition) is 5. The van der Waals surface area contributed by atoms with Gasteiger partial charge in [-0.15, -0.1) is 0 Å². The molecular weight excluding hydrogens is 524 g/mol. The Bertz CT molecular complexity index is 1610. The van der Waals surface area contributed by atoms with Crippen molar-refractivity contribution in [2.24, 2.45) is 4.99 Å². The van der Waals surface area contributed by atoms with Crippen molar-refractivity contribution < 1.29 is 14.6 Å². The number of nitrogens with one attached hydrogen (secondary N) is 4. The van der Waals surface area contributed by atoms with Crippen LogP contribution >= 0.6 is 11.6 Å². The summed E-state index contributed by atoms with van der Waals surface area (Å²) in [6, 6.07) is 7.53. The summed E-state index contributed by atoms with van der Waals surface area (Å²) in [6.07, 6.45) is 6.34. The van der Waals surface area contributed by atoms with Crippen molar-refractivity contribution in [3.8, 4) is 11.6 Å². The van der Waals surface area contributed by atoms with Gasteiger partial charge in [0, 0.05) is 17.8 Å². The van der Waals surface area contributed by atoms with Gasteiger partial charge in [-0.25, -0.2) is 9.78 Å². The monoisotopic (exact) mass is 554 g/mol. The van der Waals surface area contributed by atoms with Gasteiger partial charge < -0.3 is 30.2 Å². The summed E-state index contributed by atoms with van der Waals surface area (Å²) >= 11 is 6.67. The van der Waals surface area contributed by atoms with Crippen LogP contribution in [0.2, 0.25) is 5.02 Å². The summed E-state index contributed by atoms with van der Waals surface area (Å²) in [5, 5.41) is 22.0. The zero-order valence-corrected chi connectivity index (χ0v) is 22.3. The number of aromatic amines is 2. The van der Waals surface area contributed by atoms with Crippen molar-refractivity contribution in [2.45, 2.75) is 32.2 Å². The zero-order valence-electron chi connectivity index (χ0n) is 21.5. The van der Waals surface area contributed by atoms with E-state index in [1.807, 2.05) is 18.2 Å². The lowest BCUT2D eigenvalue weighted by molar-refractivity contribution is 0.102. The van der Waals surface area contributed by atoms with Gasteiger partial charge in [0.25, 0.3) is 0 Å². The minimum absolute atomic E-state index is 0.227. The van der Waals surface area contributed by atoms with E-state index in [1.165, 1.54) is 0 Å². The highest BCUT2D eigenvalue weighted by Crippen LogP contribution is 2.33. The van der Waals surface area contributed by atoms with Crippen LogP contribution in [0, 0.1) is 0 Å². The van der Waals surface area contributed by atoms with E-state index in [-0.39, 0.29) is 17.6 Å². The van der Waals surface area contributed by atoms with Crippen LogP contribution in [-0.2, 0) is 4.74 Å². The van der Waals surface area contributed by atoms with Crippen molar-refractivity contribution in [3.63, 3.8) is 0 Å². The first-order chi connectivity index (χ1) is 19.0. The number of rotatable bonds is 13. The van der Waals surface area contributed by atoms with Crippen LogP contribution in [0.1, 0.15) is 31.9 Å². The van der Waals surface area contributed by atoms with E-state index in [2.05, 4.69) is 32.6 Å². The second kappa shape index (κ2) is 12.3. The molecule has 39 heavy (non-hydrogen) atoms. The third-order valence-corrected chi connectivity index (χ3v) is 6.33. The number of imidazole rings is 1. The predicted molar refractivity (Wildman–Crippen MR) is 148 cm³/mol. The Morgan fingerprint density at radius 2 is 2.13 bits per heavy atom. The average molecular weight is 555 g/mol. The van der Waals surface area contributed by atoms with Gasteiger partial charge in [0.1, 0.15) is 28.9 Å². The lowest BCUT2D eigenvalue weighted by atomic mass is 10.3. The van der Waals surface area contributed by atoms with Crippen LogP contribution in [0.15, 0.2) is 40.2 Å². The molecule has 1 aliphatic rings. The molecule has 3 aromatic heterocycles. The molecule has 0 atom stereocenters. The van der Waals surface area contributed by atoms with E-state index in [0.29, 0.717) is 58.5 Å². The first-order valence-electron chi connectivity index (χ1n) is 12.9. The van der Waals surface area contributed by atoms with Gasteiger partial charge in [-0.2, -0.15) is 9.61 Å². The Kier molecular flexibility index (Phi) is 8.45. The maximum Gasteiger partial charge on any atom is 0.326 e. The fourth-order valence-electron chi connectivity index (χ4n) is 3.88. The summed E-state index contributed by atoms with van der Waals surface area (Å²) in [6.45, 7) is 5.35. The molecule has 1 saturated carbocycles. The molecule has 3 heterocycles. The quantitative estimate of drug-likeness (QED) is 0.157. The number of anilines is 2. The lowest BCUT2D eigenvalue weighted by Crippen LogP contribution is -2.21. The minimum atomic E-state index is -0.512. The highest BCUT2D eigenvalue weighted by atomic mass is 35.5. The predicted octanol–water partition coefficient (Wildman–Crippen LogP) is 1.85. The Balaban J connectivity index is 1.37. The Hall–Kier alpha value is -3.87. The SMILES string of the molecule is CCCNCCOCCOc1cccc(Nc2cc(=NC3CC3)n3ncc(=Cc4[nH]c(=O)[nH]c4O)c3n2)c1Cl. The molecular formula is C26H31ClN8O4. The van der Waals surface area contributed by atoms with Crippen molar-refractivity contribution in [3.05, 3.63) is 62.4 Å². The molecule has 0 spiro atoms. The van der Waals surface area contributed by atoms with E-state index >= 15 is 0 Å². The van der Waals surface area contributed by atoms with Crippen LogP contribution in [0.25, 0.3) is 11.7 Å². The number of H-pyrrole nitrogens is 2. The summed E-state index contributed by atoms with van der Waals surface area (Å²) in [5.74, 6) is 0.771. The second-order valence-electron chi connectivity index (χ2n) is 9.13. The summed E-state index contributed by atoms with van der Waals surface area (Å²) < 4.78 is 13.1. The average Bonchev–Trinajstić information content (AvgIpc) is 3.55. The Labute approximate surface area is 228 Å². The number of aromatic nitrogens is 5. The molecule has 12 nitrogen and oxygen atoms in total. The van der Waals surface area contributed by atoms with Gasteiger partial charge in [0.2, 0.25) is 5.88 Å². The molecule has 1 aromatic carbocycles. The molecule has 0 unspecified atom stereocenters. The highest BCUT2D eigenvalue weighted by molar-refractivity contribution is 6.34. The van der Waals surface area contributed by atoms with Crippen molar-refractivity contribution >= 4 is 34.8 Å². The summed E-state index contributed by atoms with van der Waals surface area (Å²) in [4.78, 5) is 25.9. The maximum absolute atomic E-state index is 11.6. The zero-order chi connectivity index (χ0) is 27.2. The van der Waals surface area contributed by atoms with E-state index < -0.39 is 5.69 Å². The number of ether oxygens (including phenoxy) is 2. The number of hydrogen-bond acceptors (Lipinski definition) is 9. The molecule has 1 aliphatic carbocycles. The van der Waals surface area contributed by atoms with E-state index in [1.54, 1.807) is 22.9 Å². The number of halogens is 1. The molecule has 0 amide bonds. The minimum Gasteiger partial charge on any atom is -0.493 e. The number of benzene rings is 1. The molecule has 4 aromatic rings. The van der Waals surface area contributed by atoms with Gasteiger partial charge in [-0.05, 0) is 44.0 Å². The van der Waals surface area contributed by atoms with Crippen LogP contribution in [-0.4, -0.2) is 68.6 Å². The first kappa shape index (κ1) is 26.7. The molecule has 206 valence electrons. The fraction of sp³-hybridized carbons (Fsp3) is 0.385. The van der Waals surface area contributed by atoms with Gasteiger partial charge >= 0.3 is 5.69 Å². The molecule has 0 radical (unpaired) electrons. The Morgan fingerprint density at radius 1 is 1.26 bits per heavy atom. The summed E-state index contributed by atoms with van der Waals surface area (Å²) in [5.41, 5.74) is 1.46. The second-order valence-corrected chi connectivity index (χ2v) is 9.51. The lowest BCUT2D eigenvalue weighted by Gasteiger charge is -2.13. The molecule has 0 aliphatic heterocycles. The third kappa shape index (κ3) is 6.77. The van der Waals surface area contributed by atoms with Crippen LogP contribution in [0.4, 0.5) is 11.5 Å². The van der Waals surface area contributed by atoms with E-state index in [0.717, 1.165) is 32.4 Å². The number of aromatic hydroxyl groups is 1. The molecule has 0 saturated heterocycles. The largest absolute Gasteiger partial charge is 0.493 e. The van der Waals surface area contributed by atoms with Gasteiger partial charge in [0.05, 0.1) is 31.1 Å². The summed E-state index contributed by atoms with van der Waals surface area (Å²) in [7, 11) is 0. The van der Waals surface area contributed by atoms with Gasteiger partial charge in [-0.3, -0.25) is 9.98 Å². The number of nitrogens with zero attached hydrogens (tertiary/aromatic N) is 4. The smallest absolute Gasteiger partial charge is 0.326 e. The third-order valence-electron chi connectivity index (χ3n) is 5.94. The first-order valence-corrected chi connectivity index (χ1v) is 13.3. The fourth-order valence-corrected chi connectivity index (χ4v) is 4.10. The topological polar surface area (TPSA) is 154 Å². The van der Waals surface area contributed by atoms with Crippen LogP contribution < -0.4 is 31.8 Å². The van der Waals surface area contributed by atoms with Crippen LogP contribution in [0.3, 0.4) is 0 Å². The van der Waals surface area contributed by atoms with Crippen molar-refractivity contribution in [2.75, 3.05) is 38.2 Å². The molecule has 5 N–H and O–H groups in total. The maximum atomic E-state index is 11.6. The van der Waals surface area contributed by atoms with Crippen LogP contribution in [0.5, 0.6) is 11.6 Å². The molecule has 0 bridgehead atoms. The standard InChI is InChI=1S/C26H31ClN8O4/c1-2-8-28-9-10-38-11-12-39-20-5-3-4-18(23(20)27)31-21-14-22(30-17-6-7-17)35-24(33-21)16(15-29-35)13-19-25(36)34-26(37)32-19/h3-5,13-15,17,28,31,36H,2,6-12H2,1H3,(H2,32,34,37). The number of fused-ring (bicyclic) bond motifs is 1. The van der Waals surface area contributed by atoms with Crippen molar-refractivity contribution in [1.82, 2.24) is 29.9 Å². The molecule has 13 heteroatoms. The molecule has 1 fully saturated rings. The van der Waals surface area contributed by atoms with E-state index in [4.69, 9.17) is 31.1 Å². The highest BCUT2D eigenvalue weighted by Gasteiger charge is 2.20. The van der Waals surface area contributed by atoms with Gasteiger partial charge in [-0.1, -0.05) is 24.6 Å².